The predicted octanol–water partition coefficient (Wildman–Crippen LogP) is 4.68. The number of hydrogen-bond donors (Lipinski definition) is 0. The molecule has 0 saturated heterocycles. The first-order valence-electron chi connectivity index (χ1n) is 5.12. The molecule has 0 fully saturated rings. The second-order valence-electron chi connectivity index (χ2n) is 3.79. The van der Waals surface area contributed by atoms with Crippen molar-refractivity contribution in [3.8, 4) is 0 Å². The zero-order valence-corrected chi connectivity index (χ0v) is 10.4. The third kappa shape index (κ3) is 3.66. The van der Waals surface area contributed by atoms with Crippen LogP contribution in [0.2, 0.25) is 5.02 Å². The highest BCUT2D eigenvalue weighted by atomic mass is 35.5. The molecule has 2 unspecified atom stereocenters. The van der Waals surface area contributed by atoms with Crippen molar-refractivity contribution in [3.63, 3.8) is 0 Å². The van der Waals surface area contributed by atoms with Crippen molar-refractivity contribution in [2.24, 2.45) is 5.92 Å². The van der Waals surface area contributed by atoms with Crippen LogP contribution in [-0.2, 0) is 6.42 Å². The summed E-state index contributed by atoms with van der Waals surface area (Å²) in [5.41, 5.74) is 0.654. The monoisotopic (exact) mass is 248 g/mol. The van der Waals surface area contributed by atoms with Crippen molar-refractivity contribution in [3.05, 3.63) is 34.6 Å². The minimum absolute atomic E-state index is 0.0494. The van der Waals surface area contributed by atoms with E-state index in [1.165, 1.54) is 6.07 Å². The summed E-state index contributed by atoms with van der Waals surface area (Å²) in [6.45, 7) is 4.00. The van der Waals surface area contributed by atoms with E-state index in [2.05, 4.69) is 6.92 Å². The minimum atomic E-state index is -0.199. The fraction of sp³-hybridized carbons (Fsp3) is 0.500. The molecule has 0 N–H and O–H groups in total. The summed E-state index contributed by atoms with van der Waals surface area (Å²) in [5.74, 6) is 0.0924. The Morgan fingerprint density at radius 1 is 1.40 bits per heavy atom. The average molecular weight is 249 g/mol. The van der Waals surface area contributed by atoms with E-state index in [4.69, 9.17) is 23.2 Å². The Hall–Kier alpha value is -0.270. The molecule has 0 radical (unpaired) electrons. The van der Waals surface area contributed by atoms with Crippen LogP contribution in [0, 0.1) is 11.7 Å². The van der Waals surface area contributed by atoms with Crippen LogP contribution in [-0.4, -0.2) is 5.38 Å². The number of alkyl halides is 1. The van der Waals surface area contributed by atoms with Gasteiger partial charge in [-0.3, -0.25) is 0 Å². The first-order chi connectivity index (χ1) is 7.04. The fourth-order valence-corrected chi connectivity index (χ4v) is 2.08. The summed E-state index contributed by atoms with van der Waals surface area (Å²) in [5, 5.41) is 0.622. The molecule has 3 heteroatoms. The summed E-state index contributed by atoms with van der Waals surface area (Å²) >= 11 is 11.9. The van der Waals surface area contributed by atoms with Crippen LogP contribution in [0.4, 0.5) is 4.39 Å². The first-order valence-corrected chi connectivity index (χ1v) is 5.94. The van der Waals surface area contributed by atoms with Crippen molar-refractivity contribution < 1.29 is 4.39 Å². The number of rotatable bonds is 4. The van der Waals surface area contributed by atoms with Gasteiger partial charge in [0.25, 0.3) is 0 Å². The molecule has 1 aromatic carbocycles. The van der Waals surface area contributed by atoms with Gasteiger partial charge in [0.2, 0.25) is 0 Å². The Kier molecular flexibility index (Phi) is 4.88. The lowest BCUT2D eigenvalue weighted by atomic mass is 9.94. The Balaban J connectivity index is 2.82. The lowest BCUT2D eigenvalue weighted by molar-refractivity contribution is 0.482. The van der Waals surface area contributed by atoms with E-state index in [0.29, 0.717) is 22.9 Å². The molecule has 1 aromatic rings. The molecule has 0 spiro atoms. The summed E-state index contributed by atoms with van der Waals surface area (Å²) in [7, 11) is 0. The largest absolute Gasteiger partial charge is 0.207 e. The van der Waals surface area contributed by atoms with Crippen molar-refractivity contribution >= 4 is 23.2 Å². The molecule has 0 nitrogen and oxygen atoms in total. The normalized spacial score (nSPS) is 15.0. The Bertz CT molecular complexity index is 323. The molecule has 0 heterocycles. The lowest BCUT2D eigenvalue weighted by Gasteiger charge is -2.17. The van der Waals surface area contributed by atoms with E-state index < -0.39 is 0 Å². The summed E-state index contributed by atoms with van der Waals surface area (Å²) in [6.07, 6.45) is 1.59. The maximum absolute atomic E-state index is 13.4. The van der Waals surface area contributed by atoms with Gasteiger partial charge in [0.1, 0.15) is 5.82 Å². The SMILES string of the molecule is CCC(Cc1cc(Cl)ccc1F)C(C)Cl. The maximum atomic E-state index is 13.4. The quantitative estimate of drug-likeness (QED) is 0.680. The van der Waals surface area contributed by atoms with Gasteiger partial charge in [-0.15, -0.1) is 11.6 Å². The van der Waals surface area contributed by atoms with Crippen LogP contribution < -0.4 is 0 Å². The van der Waals surface area contributed by atoms with Crippen LogP contribution in [0.5, 0.6) is 0 Å². The van der Waals surface area contributed by atoms with Crippen LogP contribution in [0.1, 0.15) is 25.8 Å². The molecule has 2 atom stereocenters. The lowest BCUT2D eigenvalue weighted by Crippen LogP contribution is -2.14. The minimum Gasteiger partial charge on any atom is -0.207 e. The molecule has 0 saturated carbocycles. The average Bonchev–Trinajstić information content (AvgIpc) is 2.18. The molecule has 84 valence electrons. The number of benzene rings is 1. The van der Waals surface area contributed by atoms with Crippen LogP contribution in [0.25, 0.3) is 0 Å². The zero-order valence-electron chi connectivity index (χ0n) is 8.93. The molecular formula is C12H15Cl2F. The highest BCUT2D eigenvalue weighted by molar-refractivity contribution is 6.30. The van der Waals surface area contributed by atoms with Gasteiger partial charge in [0.05, 0.1) is 0 Å². The summed E-state index contributed by atoms with van der Waals surface area (Å²) < 4.78 is 13.4. The van der Waals surface area contributed by atoms with Gasteiger partial charge in [-0.2, -0.15) is 0 Å². The Morgan fingerprint density at radius 2 is 2.07 bits per heavy atom. The molecule has 0 aliphatic carbocycles. The third-order valence-electron chi connectivity index (χ3n) is 2.66. The molecule has 0 aromatic heterocycles. The smallest absolute Gasteiger partial charge is 0.126 e. The standard InChI is InChI=1S/C12H15Cl2F/c1-3-9(8(2)13)6-10-7-11(14)4-5-12(10)15/h4-5,7-9H,3,6H2,1-2H3. The van der Waals surface area contributed by atoms with Crippen LogP contribution >= 0.6 is 23.2 Å². The van der Waals surface area contributed by atoms with Gasteiger partial charge < -0.3 is 0 Å². The van der Waals surface area contributed by atoms with Gasteiger partial charge in [-0.1, -0.05) is 24.9 Å². The van der Waals surface area contributed by atoms with Crippen molar-refractivity contribution in [2.45, 2.75) is 32.1 Å². The Morgan fingerprint density at radius 3 is 2.60 bits per heavy atom. The molecule has 0 amide bonds. The van der Waals surface area contributed by atoms with Crippen molar-refractivity contribution in [2.75, 3.05) is 0 Å². The van der Waals surface area contributed by atoms with Gasteiger partial charge >= 0.3 is 0 Å². The highest BCUT2D eigenvalue weighted by Crippen LogP contribution is 2.23. The van der Waals surface area contributed by atoms with Crippen molar-refractivity contribution in [1.29, 1.82) is 0 Å². The predicted molar refractivity (Wildman–Crippen MR) is 64.2 cm³/mol. The second-order valence-corrected chi connectivity index (χ2v) is 4.91. The van der Waals surface area contributed by atoms with Gasteiger partial charge in [-0.05, 0) is 43.0 Å². The summed E-state index contributed by atoms with van der Waals surface area (Å²) in [6, 6.07) is 4.65. The van der Waals surface area contributed by atoms with E-state index >= 15 is 0 Å². The maximum Gasteiger partial charge on any atom is 0.126 e. The van der Waals surface area contributed by atoms with Gasteiger partial charge in [0.15, 0.2) is 0 Å². The third-order valence-corrected chi connectivity index (χ3v) is 3.26. The number of halogens is 3. The molecule has 0 bridgehead atoms. The molecule has 1 rings (SSSR count). The first kappa shape index (κ1) is 12.8. The second kappa shape index (κ2) is 5.72. The highest BCUT2D eigenvalue weighted by Gasteiger charge is 2.15. The summed E-state index contributed by atoms with van der Waals surface area (Å²) in [4.78, 5) is 0. The van der Waals surface area contributed by atoms with Crippen LogP contribution in [0.15, 0.2) is 18.2 Å². The number of hydrogen-bond acceptors (Lipinski definition) is 0. The van der Waals surface area contributed by atoms with E-state index in [0.717, 1.165) is 6.42 Å². The molecule has 0 aliphatic heterocycles. The molecule has 0 aliphatic rings. The van der Waals surface area contributed by atoms with E-state index in [-0.39, 0.29) is 11.2 Å². The molecule has 15 heavy (non-hydrogen) atoms. The molecular weight excluding hydrogens is 234 g/mol. The van der Waals surface area contributed by atoms with Gasteiger partial charge in [0, 0.05) is 10.4 Å². The fourth-order valence-electron chi connectivity index (χ4n) is 1.61. The van der Waals surface area contributed by atoms with E-state index in [1.54, 1.807) is 12.1 Å². The Labute approximate surface area is 100 Å². The zero-order chi connectivity index (χ0) is 11.4. The van der Waals surface area contributed by atoms with Gasteiger partial charge in [-0.25, -0.2) is 4.39 Å². The van der Waals surface area contributed by atoms with Crippen LogP contribution in [0.3, 0.4) is 0 Å². The van der Waals surface area contributed by atoms with Crippen molar-refractivity contribution in [1.82, 2.24) is 0 Å². The van der Waals surface area contributed by atoms with E-state index in [1.807, 2.05) is 6.92 Å². The topological polar surface area (TPSA) is 0 Å². The van der Waals surface area contributed by atoms with E-state index in [9.17, 15) is 4.39 Å².